The fourth-order valence-electron chi connectivity index (χ4n) is 5.46. The largest absolute Gasteiger partial charge is 0.488 e. The molecular weight excluding hydrogens is 462 g/mol. The van der Waals surface area contributed by atoms with E-state index in [2.05, 4.69) is 6.92 Å². The highest BCUT2D eigenvalue weighted by Gasteiger charge is 2.42. The monoisotopic (exact) mass is 490 g/mol. The van der Waals surface area contributed by atoms with Crippen molar-refractivity contribution in [1.82, 2.24) is 9.03 Å². The lowest BCUT2D eigenvalue weighted by Crippen LogP contribution is -2.49. The Morgan fingerprint density at radius 1 is 1.25 bits per heavy atom. The smallest absolute Gasteiger partial charge is 0.304 e. The summed E-state index contributed by atoms with van der Waals surface area (Å²) >= 11 is 6.04. The van der Waals surface area contributed by atoms with Crippen LogP contribution in [0.1, 0.15) is 68.6 Å². The van der Waals surface area contributed by atoms with Crippen LogP contribution in [0.2, 0.25) is 5.02 Å². The Labute approximate surface area is 192 Å². The maximum Gasteiger partial charge on any atom is 0.304 e. The molecule has 2 atom stereocenters. The van der Waals surface area contributed by atoms with Crippen molar-refractivity contribution in [3.8, 4) is 5.75 Å². The number of carbonyl (C=O) groups is 1. The van der Waals surface area contributed by atoms with E-state index in [1.165, 1.54) is 25.7 Å². The number of hydrogen-bond acceptors (Lipinski definition) is 4. The summed E-state index contributed by atoms with van der Waals surface area (Å²) in [6.07, 6.45) is 8.42. The van der Waals surface area contributed by atoms with Crippen molar-refractivity contribution >= 4 is 27.7 Å². The maximum atomic E-state index is 14.8. The number of nitrogens with zero attached hydrogens (tertiary/aromatic N) is 1. The molecule has 0 spiro atoms. The summed E-state index contributed by atoms with van der Waals surface area (Å²) in [6.45, 7) is 2.86. The van der Waals surface area contributed by atoms with Crippen LogP contribution in [0.25, 0.3) is 0 Å². The highest BCUT2D eigenvalue weighted by molar-refractivity contribution is 7.87. The molecule has 3 fully saturated rings. The van der Waals surface area contributed by atoms with E-state index >= 15 is 0 Å². The van der Waals surface area contributed by atoms with E-state index in [0.717, 1.165) is 23.6 Å². The summed E-state index contributed by atoms with van der Waals surface area (Å²) in [5.74, 6) is -2.62. The molecule has 10 heteroatoms. The van der Waals surface area contributed by atoms with Crippen molar-refractivity contribution in [2.45, 2.75) is 58.3 Å². The van der Waals surface area contributed by atoms with Crippen molar-refractivity contribution in [1.29, 1.82) is 0 Å². The van der Waals surface area contributed by atoms with Gasteiger partial charge < -0.3 is 4.74 Å². The number of nitrogens with one attached hydrogen (secondary N) is 1. The molecule has 178 valence electrons. The molecule has 1 aromatic rings. The van der Waals surface area contributed by atoms with Gasteiger partial charge in [-0.05, 0) is 50.0 Å². The lowest BCUT2D eigenvalue weighted by Gasteiger charge is -2.46. The molecule has 2 saturated carbocycles. The van der Waals surface area contributed by atoms with Crippen LogP contribution in [-0.2, 0) is 10.2 Å². The van der Waals surface area contributed by atoms with Gasteiger partial charge in [0.25, 0.3) is 5.91 Å². The Kier molecular flexibility index (Phi) is 6.71. The van der Waals surface area contributed by atoms with Gasteiger partial charge in [0.1, 0.15) is 5.02 Å². The zero-order valence-corrected chi connectivity index (χ0v) is 19.7. The van der Waals surface area contributed by atoms with Gasteiger partial charge in [-0.15, -0.1) is 0 Å². The molecule has 0 aromatic heterocycles. The summed E-state index contributed by atoms with van der Waals surface area (Å²) in [5, 5.41) is -0.654. The van der Waals surface area contributed by atoms with E-state index in [9.17, 15) is 22.0 Å². The quantitative estimate of drug-likeness (QED) is 0.563. The van der Waals surface area contributed by atoms with Crippen LogP contribution in [0.5, 0.6) is 5.75 Å². The normalized spacial score (nSPS) is 28.1. The predicted molar refractivity (Wildman–Crippen MR) is 117 cm³/mol. The molecule has 3 aliphatic rings. The van der Waals surface area contributed by atoms with E-state index in [-0.39, 0.29) is 25.1 Å². The second-order valence-corrected chi connectivity index (χ2v) is 11.5. The molecule has 4 rings (SSSR count). The van der Waals surface area contributed by atoms with Crippen molar-refractivity contribution in [3.63, 3.8) is 0 Å². The Balaban J connectivity index is 1.50. The van der Waals surface area contributed by atoms with E-state index in [1.807, 2.05) is 0 Å². The van der Waals surface area contributed by atoms with Gasteiger partial charge in [-0.2, -0.15) is 12.7 Å². The van der Waals surface area contributed by atoms with Gasteiger partial charge in [-0.1, -0.05) is 37.8 Å². The number of amides is 1. The molecule has 0 radical (unpaired) electrons. The molecule has 2 aliphatic carbocycles. The standard InChI is InChI=1S/C22H29ClF2N2O4S/c1-2-22(11-14-5-3-6-15(9-14)12-22)13-31-20-17(24)10-16(19(25)18(20)23)21(28)26-32(29,30)27-7-4-8-27/h10,14-15H,2-9,11-13H2,1H3,(H,26,28). The van der Waals surface area contributed by atoms with Crippen molar-refractivity contribution in [2.75, 3.05) is 19.7 Å². The number of benzene rings is 1. The Morgan fingerprint density at radius 3 is 2.47 bits per heavy atom. The zero-order valence-electron chi connectivity index (χ0n) is 18.1. The molecule has 1 heterocycles. The lowest BCUT2D eigenvalue weighted by atomic mass is 9.60. The molecular formula is C22H29ClF2N2O4S. The van der Waals surface area contributed by atoms with Crippen molar-refractivity contribution < 1.29 is 26.7 Å². The second kappa shape index (κ2) is 9.06. The Bertz CT molecular complexity index is 988. The molecule has 2 bridgehead atoms. The van der Waals surface area contributed by atoms with Crippen LogP contribution in [0.4, 0.5) is 8.78 Å². The number of rotatable bonds is 7. The third-order valence-corrected chi connectivity index (χ3v) is 9.17. The lowest BCUT2D eigenvalue weighted by molar-refractivity contribution is 0.0120. The third-order valence-electron chi connectivity index (χ3n) is 7.35. The van der Waals surface area contributed by atoms with E-state index < -0.39 is 44.1 Å². The van der Waals surface area contributed by atoms with E-state index in [4.69, 9.17) is 16.3 Å². The van der Waals surface area contributed by atoms with Crippen LogP contribution in [0.3, 0.4) is 0 Å². The first-order valence-corrected chi connectivity index (χ1v) is 13.1. The van der Waals surface area contributed by atoms with Gasteiger partial charge in [0.2, 0.25) is 0 Å². The number of hydrogen-bond donors (Lipinski definition) is 1. The highest BCUT2D eigenvalue weighted by atomic mass is 35.5. The molecule has 2 unspecified atom stereocenters. The fourth-order valence-corrected chi connectivity index (χ4v) is 6.91. The maximum absolute atomic E-state index is 14.8. The molecule has 1 aromatic carbocycles. The molecule has 32 heavy (non-hydrogen) atoms. The van der Waals surface area contributed by atoms with Gasteiger partial charge in [-0.25, -0.2) is 13.5 Å². The molecule has 1 N–H and O–H groups in total. The SMILES string of the molecule is CCC1(COc2c(F)cc(C(=O)NS(=O)(=O)N3CCC3)c(F)c2Cl)CC2CCCC(C2)C1. The predicted octanol–water partition coefficient (Wildman–Crippen LogP) is 4.67. The third kappa shape index (κ3) is 4.61. The van der Waals surface area contributed by atoms with Gasteiger partial charge in [0.15, 0.2) is 17.4 Å². The average Bonchev–Trinajstić information content (AvgIpc) is 2.68. The van der Waals surface area contributed by atoms with E-state index in [1.54, 1.807) is 4.72 Å². The summed E-state index contributed by atoms with van der Waals surface area (Å²) < 4.78 is 62.4. The summed E-state index contributed by atoms with van der Waals surface area (Å²) in [7, 11) is -4.10. The summed E-state index contributed by atoms with van der Waals surface area (Å²) in [6, 6.07) is 0.645. The Hall–Kier alpha value is -1.45. The fraction of sp³-hybridized carbons (Fsp3) is 0.682. The number of carbonyl (C=O) groups excluding carboxylic acids is 1. The number of ether oxygens (including phenoxy) is 1. The van der Waals surface area contributed by atoms with Crippen LogP contribution < -0.4 is 9.46 Å². The summed E-state index contributed by atoms with van der Waals surface area (Å²) in [4.78, 5) is 12.3. The van der Waals surface area contributed by atoms with Gasteiger partial charge in [0, 0.05) is 18.5 Å². The molecule has 1 amide bonds. The van der Waals surface area contributed by atoms with Gasteiger partial charge in [-0.3, -0.25) is 4.79 Å². The van der Waals surface area contributed by atoms with Crippen LogP contribution in [-0.4, -0.2) is 38.3 Å². The van der Waals surface area contributed by atoms with Crippen molar-refractivity contribution in [2.24, 2.45) is 17.3 Å². The first-order chi connectivity index (χ1) is 15.1. The van der Waals surface area contributed by atoms with Gasteiger partial charge >= 0.3 is 10.2 Å². The van der Waals surface area contributed by atoms with Crippen LogP contribution in [0.15, 0.2) is 6.07 Å². The molecule has 1 saturated heterocycles. The first-order valence-electron chi connectivity index (χ1n) is 11.3. The van der Waals surface area contributed by atoms with Crippen molar-refractivity contribution in [3.05, 3.63) is 28.3 Å². The number of fused-ring (bicyclic) bond motifs is 2. The minimum absolute atomic E-state index is 0.110. The topological polar surface area (TPSA) is 75.7 Å². The molecule has 1 aliphatic heterocycles. The minimum atomic E-state index is -4.10. The molecule has 6 nitrogen and oxygen atoms in total. The number of halogens is 3. The average molecular weight is 491 g/mol. The van der Waals surface area contributed by atoms with Gasteiger partial charge in [0.05, 0.1) is 12.2 Å². The minimum Gasteiger partial charge on any atom is -0.488 e. The highest BCUT2D eigenvalue weighted by Crippen LogP contribution is 2.51. The zero-order chi connectivity index (χ0) is 23.1. The van der Waals surface area contributed by atoms with Crippen LogP contribution in [0, 0.1) is 28.9 Å². The first kappa shape index (κ1) is 23.7. The summed E-state index contributed by atoms with van der Waals surface area (Å²) in [5.41, 5.74) is -0.886. The van der Waals surface area contributed by atoms with E-state index in [0.29, 0.717) is 24.3 Å². The second-order valence-electron chi connectivity index (χ2n) is 9.50. The Morgan fingerprint density at radius 2 is 1.91 bits per heavy atom. The van der Waals surface area contributed by atoms with Crippen LogP contribution >= 0.6 is 11.6 Å².